The van der Waals surface area contributed by atoms with Crippen LogP contribution in [0.15, 0.2) is 30.3 Å². The van der Waals surface area contributed by atoms with Crippen LogP contribution in [0, 0.1) is 5.41 Å². The van der Waals surface area contributed by atoms with Gasteiger partial charge in [-0.1, -0.05) is 36.8 Å². The fourth-order valence-electron chi connectivity index (χ4n) is 4.81. The minimum atomic E-state index is 0.0127. The van der Waals surface area contributed by atoms with Crippen molar-refractivity contribution in [2.75, 3.05) is 19.6 Å². The second kappa shape index (κ2) is 9.63. The monoisotopic (exact) mass is 357 g/mol. The normalized spacial score (nSPS) is 27.7. The Kier molecular flexibility index (Phi) is 7.23. The van der Waals surface area contributed by atoms with E-state index in [1.54, 1.807) is 0 Å². The Balaban J connectivity index is 1.42. The highest BCUT2D eigenvalue weighted by molar-refractivity contribution is 5.57. The van der Waals surface area contributed by atoms with Crippen LogP contribution in [0.25, 0.3) is 0 Å². The lowest BCUT2D eigenvalue weighted by atomic mass is 9.72. The van der Waals surface area contributed by atoms with E-state index in [-0.39, 0.29) is 6.04 Å². The molecule has 0 aromatic heterocycles. The largest absolute Gasteiger partial charge is 0.330 e. The number of carbonyl (C=O) groups is 1. The molecular formula is C22H35N3O. The van der Waals surface area contributed by atoms with E-state index in [9.17, 15) is 4.79 Å². The maximum absolute atomic E-state index is 11.3. The Labute approximate surface area is 158 Å². The van der Waals surface area contributed by atoms with Gasteiger partial charge in [0.15, 0.2) is 0 Å². The highest BCUT2D eigenvalue weighted by Crippen LogP contribution is 2.44. The van der Waals surface area contributed by atoms with Crippen LogP contribution >= 0.6 is 0 Å². The predicted octanol–water partition coefficient (Wildman–Crippen LogP) is 3.11. The Morgan fingerprint density at radius 3 is 2.65 bits per heavy atom. The molecule has 1 aromatic carbocycles. The van der Waals surface area contributed by atoms with Gasteiger partial charge in [0.05, 0.1) is 6.04 Å². The van der Waals surface area contributed by atoms with Crippen LogP contribution in [-0.4, -0.2) is 42.9 Å². The fourth-order valence-corrected chi connectivity index (χ4v) is 4.81. The van der Waals surface area contributed by atoms with Crippen LogP contribution in [0.3, 0.4) is 0 Å². The Bertz CT molecular complexity index is 540. The van der Waals surface area contributed by atoms with Crippen molar-refractivity contribution in [3.05, 3.63) is 35.9 Å². The molecule has 3 N–H and O–H groups in total. The number of hydrogen-bond donors (Lipinski definition) is 2. The average Bonchev–Trinajstić information content (AvgIpc) is 3.06. The van der Waals surface area contributed by atoms with Crippen LogP contribution in [0.1, 0.15) is 56.9 Å². The first-order valence-electron chi connectivity index (χ1n) is 10.4. The molecule has 1 aliphatic carbocycles. The number of nitrogens with zero attached hydrogens (tertiary/aromatic N) is 1. The van der Waals surface area contributed by atoms with Gasteiger partial charge in [-0.3, -0.25) is 4.90 Å². The van der Waals surface area contributed by atoms with Crippen molar-refractivity contribution in [1.82, 2.24) is 10.2 Å². The molecule has 1 heterocycles. The third-order valence-corrected chi connectivity index (χ3v) is 6.40. The molecule has 3 rings (SSSR count). The number of likely N-dealkylation sites (tertiary alicyclic amines) is 1. The van der Waals surface area contributed by atoms with Crippen LogP contribution in [0.2, 0.25) is 0 Å². The third-order valence-electron chi connectivity index (χ3n) is 6.40. The molecule has 1 aliphatic heterocycles. The van der Waals surface area contributed by atoms with Crippen LogP contribution in [-0.2, 0) is 11.3 Å². The molecule has 1 spiro atoms. The number of unbranched alkanes of at least 4 members (excludes halogenated alkanes) is 1. The van der Waals surface area contributed by atoms with E-state index in [1.165, 1.54) is 50.8 Å². The number of aldehydes is 1. The highest BCUT2D eigenvalue weighted by atomic mass is 16.1. The van der Waals surface area contributed by atoms with Crippen molar-refractivity contribution >= 4 is 6.29 Å². The highest BCUT2D eigenvalue weighted by Gasteiger charge is 2.40. The molecule has 4 nitrogen and oxygen atoms in total. The van der Waals surface area contributed by atoms with Gasteiger partial charge in [-0.2, -0.15) is 0 Å². The Hall–Kier alpha value is -1.23. The van der Waals surface area contributed by atoms with E-state index in [2.05, 4.69) is 40.5 Å². The molecule has 144 valence electrons. The maximum atomic E-state index is 11.3. The zero-order chi connectivity index (χ0) is 18.2. The van der Waals surface area contributed by atoms with Crippen LogP contribution < -0.4 is 11.1 Å². The van der Waals surface area contributed by atoms with E-state index in [4.69, 9.17) is 5.73 Å². The van der Waals surface area contributed by atoms with Crippen molar-refractivity contribution < 1.29 is 4.79 Å². The smallest absolute Gasteiger partial charge is 0.136 e. The third kappa shape index (κ3) is 5.38. The number of nitrogens with two attached hydrogens (primary N) is 1. The number of nitrogens with one attached hydrogen (secondary N) is 1. The van der Waals surface area contributed by atoms with Gasteiger partial charge in [-0.15, -0.1) is 0 Å². The fraction of sp³-hybridized carbons (Fsp3) is 0.682. The zero-order valence-corrected chi connectivity index (χ0v) is 16.0. The van der Waals surface area contributed by atoms with Gasteiger partial charge < -0.3 is 15.8 Å². The number of rotatable bonds is 9. The molecule has 1 atom stereocenters. The summed E-state index contributed by atoms with van der Waals surface area (Å²) < 4.78 is 0. The standard InChI is InChI=1S/C22H35N3O/c23-14-5-4-8-21(17-26)24-20-9-11-22(12-10-20)13-15-25(18-22)16-19-6-2-1-3-7-19/h1-3,6-7,17,20-21,24H,4-5,8-16,18,23H2/t20?,21-,22?/m1/s1. The number of hydrogen-bond acceptors (Lipinski definition) is 4. The molecule has 0 unspecified atom stereocenters. The molecule has 0 amide bonds. The number of benzene rings is 1. The van der Waals surface area contributed by atoms with E-state index in [0.717, 1.165) is 38.6 Å². The first-order valence-corrected chi connectivity index (χ1v) is 10.4. The summed E-state index contributed by atoms with van der Waals surface area (Å²) in [6.07, 6.45) is 10.4. The van der Waals surface area contributed by atoms with Gasteiger partial charge in [0.25, 0.3) is 0 Å². The Morgan fingerprint density at radius 2 is 1.96 bits per heavy atom. The molecule has 0 radical (unpaired) electrons. The van der Waals surface area contributed by atoms with E-state index < -0.39 is 0 Å². The summed E-state index contributed by atoms with van der Waals surface area (Å²) in [6, 6.07) is 11.3. The lowest BCUT2D eigenvalue weighted by Gasteiger charge is -2.38. The zero-order valence-electron chi connectivity index (χ0n) is 16.0. The molecule has 4 heteroatoms. The SMILES string of the molecule is NCCCC[C@H](C=O)NC1CCC2(CC1)CCN(Cc1ccccc1)C2. The summed E-state index contributed by atoms with van der Waals surface area (Å²) >= 11 is 0. The molecule has 2 aliphatic rings. The average molecular weight is 358 g/mol. The molecule has 1 saturated heterocycles. The van der Waals surface area contributed by atoms with Gasteiger partial charge in [0.1, 0.15) is 6.29 Å². The van der Waals surface area contributed by atoms with Gasteiger partial charge in [0, 0.05) is 19.1 Å². The molecule has 1 saturated carbocycles. The molecular weight excluding hydrogens is 322 g/mol. The van der Waals surface area contributed by atoms with Crippen molar-refractivity contribution in [1.29, 1.82) is 0 Å². The summed E-state index contributed by atoms with van der Waals surface area (Å²) in [5.74, 6) is 0. The van der Waals surface area contributed by atoms with Crippen LogP contribution in [0.4, 0.5) is 0 Å². The van der Waals surface area contributed by atoms with Crippen molar-refractivity contribution in [3.63, 3.8) is 0 Å². The van der Waals surface area contributed by atoms with Gasteiger partial charge in [-0.05, 0) is 69.0 Å². The van der Waals surface area contributed by atoms with Gasteiger partial charge >= 0.3 is 0 Å². The minimum absolute atomic E-state index is 0.0127. The molecule has 1 aromatic rings. The lowest BCUT2D eigenvalue weighted by molar-refractivity contribution is -0.110. The number of carbonyl (C=O) groups excluding carboxylic acids is 1. The van der Waals surface area contributed by atoms with Crippen molar-refractivity contribution in [3.8, 4) is 0 Å². The Morgan fingerprint density at radius 1 is 1.19 bits per heavy atom. The van der Waals surface area contributed by atoms with E-state index >= 15 is 0 Å². The first kappa shape index (κ1) is 19.5. The second-order valence-corrected chi connectivity index (χ2v) is 8.41. The van der Waals surface area contributed by atoms with E-state index in [0.29, 0.717) is 11.5 Å². The topological polar surface area (TPSA) is 58.4 Å². The molecule has 2 fully saturated rings. The second-order valence-electron chi connectivity index (χ2n) is 8.41. The maximum Gasteiger partial charge on any atom is 0.136 e. The van der Waals surface area contributed by atoms with Gasteiger partial charge in [-0.25, -0.2) is 0 Å². The quantitative estimate of drug-likeness (QED) is 0.527. The molecule has 0 bridgehead atoms. The van der Waals surface area contributed by atoms with Crippen molar-refractivity contribution in [2.24, 2.45) is 11.1 Å². The van der Waals surface area contributed by atoms with Crippen molar-refractivity contribution in [2.45, 2.75) is 70.0 Å². The van der Waals surface area contributed by atoms with E-state index in [1.807, 2.05) is 0 Å². The summed E-state index contributed by atoms with van der Waals surface area (Å²) in [7, 11) is 0. The predicted molar refractivity (Wildman–Crippen MR) is 107 cm³/mol. The summed E-state index contributed by atoms with van der Waals surface area (Å²) in [5, 5.41) is 3.60. The first-order chi connectivity index (χ1) is 12.7. The molecule has 26 heavy (non-hydrogen) atoms. The minimum Gasteiger partial charge on any atom is -0.330 e. The van der Waals surface area contributed by atoms with Gasteiger partial charge in [0.2, 0.25) is 0 Å². The summed E-state index contributed by atoms with van der Waals surface area (Å²) in [6.45, 7) is 4.26. The lowest BCUT2D eigenvalue weighted by Crippen LogP contribution is -2.44. The summed E-state index contributed by atoms with van der Waals surface area (Å²) in [4.78, 5) is 14.0. The van der Waals surface area contributed by atoms with Crippen LogP contribution in [0.5, 0.6) is 0 Å². The summed E-state index contributed by atoms with van der Waals surface area (Å²) in [5.41, 5.74) is 7.49.